The van der Waals surface area contributed by atoms with Crippen LogP contribution in [0.15, 0.2) is 41.1 Å². The molecule has 0 aliphatic carbocycles. The Kier molecular flexibility index (Phi) is 3.56. The summed E-state index contributed by atoms with van der Waals surface area (Å²) in [4.78, 5) is 4.40. The van der Waals surface area contributed by atoms with Crippen molar-refractivity contribution in [3.8, 4) is 0 Å². The molecule has 2 heterocycles. The second-order valence-corrected chi connectivity index (χ2v) is 4.96. The van der Waals surface area contributed by atoms with Crippen molar-refractivity contribution in [1.82, 2.24) is 14.9 Å². The number of aromatic nitrogens is 2. The monoisotopic (exact) mass is 269 g/mol. The Balaban J connectivity index is 1.84. The third kappa shape index (κ3) is 2.47. The highest BCUT2D eigenvalue weighted by Crippen LogP contribution is 2.18. The highest BCUT2D eigenvalue weighted by molar-refractivity contribution is 5.74. The molecule has 0 atom stereocenters. The van der Waals surface area contributed by atoms with Crippen LogP contribution in [0.25, 0.3) is 11.0 Å². The minimum absolute atomic E-state index is 0.716. The van der Waals surface area contributed by atoms with Crippen LogP contribution >= 0.6 is 0 Å². The number of fused-ring (bicyclic) bond motifs is 1. The van der Waals surface area contributed by atoms with Gasteiger partial charge in [-0.15, -0.1) is 0 Å². The molecular formula is C16H19N3O. The van der Waals surface area contributed by atoms with Crippen molar-refractivity contribution in [2.24, 2.45) is 0 Å². The van der Waals surface area contributed by atoms with Gasteiger partial charge in [0.25, 0.3) is 0 Å². The van der Waals surface area contributed by atoms with Crippen molar-refractivity contribution >= 4 is 11.0 Å². The van der Waals surface area contributed by atoms with E-state index in [1.165, 1.54) is 5.56 Å². The van der Waals surface area contributed by atoms with Crippen molar-refractivity contribution in [2.75, 3.05) is 6.54 Å². The third-order valence-corrected chi connectivity index (χ3v) is 3.46. The average Bonchev–Trinajstić information content (AvgIpc) is 3.01. The highest BCUT2D eigenvalue weighted by Gasteiger charge is 2.09. The summed E-state index contributed by atoms with van der Waals surface area (Å²) in [6.45, 7) is 6.63. The standard InChI is InChI=1S/C16H19N3O/c1-3-17-9-16-12(2)8-13(20-16)10-19-11-18-14-6-4-5-7-15(14)19/h4-8,11,17H,3,9-10H2,1-2H3. The summed E-state index contributed by atoms with van der Waals surface area (Å²) in [5.41, 5.74) is 3.35. The normalized spacial score (nSPS) is 11.3. The Morgan fingerprint density at radius 2 is 2.15 bits per heavy atom. The lowest BCUT2D eigenvalue weighted by Gasteiger charge is -2.02. The summed E-state index contributed by atoms with van der Waals surface area (Å²) in [6, 6.07) is 10.3. The largest absolute Gasteiger partial charge is 0.463 e. The Morgan fingerprint density at radius 1 is 1.30 bits per heavy atom. The molecule has 4 nitrogen and oxygen atoms in total. The maximum atomic E-state index is 5.93. The van der Waals surface area contributed by atoms with Crippen LogP contribution < -0.4 is 5.32 Å². The fourth-order valence-corrected chi connectivity index (χ4v) is 2.39. The topological polar surface area (TPSA) is 43.0 Å². The van der Waals surface area contributed by atoms with Crippen LogP contribution in [0.5, 0.6) is 0 Å². The number of aryl methyl sites for hydroxylation is 1. The van der Waals surface area contributed by atoms with Gasteiger partial charge in [-0.25, -0.2) is 4.98 Å². The molecule has 3 rings (SSSR count). The molecule has 1 aromatic carbocycles. The predicted octanol–water partition coefficient (Wildman–Crippen LogP) is 3.10. The molecule has 0 unspecified atom stereocenters. The van der Waals surface area contributed by atoms with Gasteiger partial charge in [-0.1, -0.05) is 19.1 Å². The zero-order chi connectivity index (χ0) is 13.9. The van der Waals surface area contributed by atoms with E-state index in [1.54, 1.807) is 0 Å². The van der Waals surface area contributed by atoms with E-state index in [-0.39, 0.29) is 0 Å². The number of rotatable bonds is 5. The second kappa shape index (κ2) is 5.51. The quantitative estimate of drug-likeness (QED) is 0.774. The molecule has 1 N–H and O–H groups in total. The van der Waals surface area contributed by atoms with E-state index in [0.29, 0.717) is 6.54 Å². The minimum Gasteiger partial charge on any atom is -0.463 e. The SMILES string of the molecule is CCNCc1oc(Cn2cnc3ccccc32)cc1C. The lowest BCUT2D eigenvalue weighted by atomic mass is 10.2. The minimum atomic E-state index is 0.716. The summed E-state index contributed by atoms with van der Waals surface area (Å²) >= 11 is 0. The molecule has 0 fully saturated rings. The molecule has 0 amide bonds. The van der Waals surface area contributed by atoms with E-state index in [9.17, 15) is 0 Å². The van der Waals surface area contributed by atoms with Gasteiger partial charge in [0.05, 0.1) is 30.5 Å². The summed E-state index contributed by atoms with van der Waals surface area (Å²) in [5, 5.41) is 3.29. The number of hydrogen-bond donors (Lipinski definition) is 1. The second-order valence-electron chi connectivity index (χ2n) is 4.96. The van der Waals surface area contributed by atoms with Gasteiger partial charge in [0.15, 0.2) is 0 Å². The molecule has 0 radical (unpaired) electrons. The Morgan fingerprint density at radius 3 is 3.00 bits per heavy atom. The zero-order valence-corrected chi connectivity index (χ0v) is 11.9. The lowest BCUT2D eigenvalue weighted by Crippen LogP contribution is -2.11. The molecule has 4 heteroatoms. The zero-order valence-electron chi connectivity index (χ0n) is 11.9. The van der Waals surface area contributed by atoms with Gasteiger partial charge in [-0.3, -0.25) is 0 Å². The van der Waals surface area contributed by atoms with Crippen molar-refractivity contribution < 1.29 is 4.42 Å². The number of imidazole rings is 1. The van der Waals surface area contributed by atoms with Gasteiger partial charge >= 0.3 is 0 Å². The Labute approximate surface area is 118 Å². The number of para-hydroxylation sites is 2. The van der Waals surface area contributed by atoms with E-state index in [2.05, 4.69) is 40.8 Å². The molecule has 20 heavy (non-hydrogen) atoms. The number of furan rings is 1. The predicted molar refractivity (Wildman–Crippen MR) is 79.7 cm³/mol. The smallest absolute Gasteiger partial charge is 0.124 e. The number of nitrogens with zero attached hydrogens (tertiary/aromatic N) is 2. The van der Waals surface area contributed by atoms with Gasteiger partial charge < -0.3 is 14.3 Å². The Bertz CT molecular complexity index is 711. The molecule has 0 aliphatic heterocycles. The van der Waals surface area contributed by atoms with Crippen molar-refractivity contribution in [3.05, 3.63) is 53.7 Å². The maximum Gasteiger partial charge on any atom is 0.124 e. The van der Waals surface area contributed by atoms with Crippen LogP contribution in [0.4, 0.5) is 0 Å². The molecule has 0 aliphatic rings. The van der Waals surface area contributed by atoms with E-state index < -0.39 is 0 Å². The van der Waals surface area contributed by atoms with Gasteiger partial charge in [0, 0.05) is 0 Å². The molecule has 0 spiro atoms. The number of hydrogen-bond acceptors (Lipinski definition) is 3. The van der Waals surface area contributed by atoms with Gasteiger partial charge in [-0.05, 0) is 37.2 Å². The summed E-state index contributed by atoms with van der Waals surface area (Å²) in [6.07, 6.45) is 1.87. The van der Waals surface area contributed by atoms with Gasteiger partial charge in [-0.2, -0.15) is 0 Å². The van der Waals surface area contributed by atoms with Crippen LogP contribution in [0.3, 0.4) is 0 Å². The first kappa shape index (κ1) is 12.9. The van der Waals surface area contributed by atoms with E-state index in [1.807, 2.05) is 24.5 Å². The Hall–Kier alpha value is -2.07. The first-order chi connectivity index (χ1) is 9.78. The lowest BCUT2D eigenvalue weighted by molar-refractivity contribution is 0.440. The average molecular weight is 269 g/mol. The van der Waals surface area contributed by atoms with E-state index >= 15 is 0 Å². The number of benzene rings is 1. The molecule has 0 saturated carbocycles. The van der Waals surface area contributed by atoms with Crippen LogP contribution in [0.1, 0.15) is 24.0 Å². The third-order valence-electron chi connectivity index (χ3n) is 3.46. The summed E-state index contributed by atoms with van der Waals surface area (Å²) in [5.74, 6) is 1.99. The molecule has 0 saturated heterocycles. The maximum absolute atomic E-state index is 5.93. The fourth-order valence-electron chi connectivity index (χ4n) is 2.39. The molecular weight excluding hydrogens is 250 g/mol. The van der Waals surface area contributed by atoms with Crippen LogP contribution in [0, 0.1) is 6.92 Å². The van der Waals surface area contributed by atoms with Crippen LogP contribution in [0.2, 0.25) is 0 Å². The molecule has 2 aromatic heterocycles. The van der Waals surface area contributed by atoms with Crippen molar-refractivity contribution in [3.63, 3.8) is 0 Å². The molecule has 0 bridgehead atoms. The van der Waals surface area contributed by atoms with E-state index in [4.69, 9.17) is 4.42 Å². The van der Waals surface area contributed by atoms with Crippen LogP contribution in [-0.2, 0) is 13.1 Å². The first-order valence-corrected chi connectivity index (χ1v) is 6.96. The molecule has 3 aromatic rings. The van der Waals surface area contributed by atoms with Crippen LogP contribution in [-0.4, -0.2) is 16.1 Å². The van der Waals surface area contributed by atoms with E-state index in [0.717, 1.165) is 35.6 Å². The highest BCUT2D eigenvalue weighted by atomic mass is 16.3. The van der Waals surface area contributed by atoms with Gasteiger partial charge in [0.1, 0.15) is 11.5 Å². The summed E-state index contributed by atoms with van der Waals surface area (Å²) < 4.78 is 8.04. The van der Waals surface area contributed by atoms with Gasteiger partial charge in [0.2, 0.25) is 0 Å². The van der Waals surface area contributed by atoms with Crippen molar-refractivity contribution in [2.45, 2.75) is 26.9 Å². The van der Waals surface area contributed by atoms with Crippen molar-refractivity contribution in [1.29, 1.82) is 0 Å². The molecule has 104 valence electrons. The fraction of sp³-hybridized carbons (Fsp3) is 0.312. The first-order valence-electron chi connectivity index (χ1n) is 6.96. The summed E-state index contributed by atoms with van der Waals surface area (Å²) in [7, 11) is 0. The number of nitrogens with one attached hydrogen (secondary N) is 1.